The summed E-state index contributed by atoms with van der Waals surface area (Å²) in [6, 6.07) is 24.6. The van der Waals surface area contributed by atoms with Gasteiger partial charge in [0.2, 0.25) is 5.91 Å². The zero-order chi connectivity index (χ0) is 31.0. The second-order valence-corrected chi connectivity index (χ2v) is 11.9. The lowest BCUT2D eigenvalue weighted by atomic mass is 10.1. The van der Waals surface area contributed by atoms with E-state index in [9.17, 15) is 18.0 Å². The van der Waals surface area contributed by atoms with Crippen molar-refractivity contribution in [2.45, 2.75) is 18.2 Å². The molecule has 4 aromatic carbocycles. The van der Waals surface area contributed by atoms with Crippen molar-refractivity contribution in [1.82, 2.24) is 5.32 Å². The minimum absolute atomic E-state index is 0.0279. The molecule has 4 rings (SSSR count). The molecule has 0 aliphatic carbocycles. The van der Waals surface area contributed by atoms with Gasteiger partial charge in [0.05, 0.1) is 36.1 Å². The summed E-state index contributed by atoms with van der Waals surface area (Å²) in [4.78, 5) is 26.4. The van der Waals surface area contributed by atoms with E-state index in [4.69, 9.17) is 21.1 Å². The SMILES string of the molecule is COc1ccc(CCNC(=O)c2ccccc2NC(=O)CN(c2cccc(Cl)c2)S(=O)(=O)c2ccc(C)cc2)cc1OC. The van der Waals surface area contributed by atoms with Crippen LogP contribution >= 0.6 is 11.6 Å². The van der Waals surface area contributed by atoms with Gasteiger partial charge < -0.3 is 20.1 Å². The average molecular weight is 622 g/mol. The Labute approximate surface area is 256 Å². The Hall–Kier alpha value is -4.54. The van der Waals surface area contributed by atoms with Crippen molar-refractivity contribution >= 4 is 44.8 Å². The van der Waals surface area contributed by atoms with Gasteiger partial charge in [-0.1, -0.05) is 53.6 Å². The van der Waals surface area contributed by atoms with E-state index in [0.717, 1.165) is 15.4 Å². The number of amides is 2. The summed E-state index contributed by atoms with van der Waals surface area (Å²) in [7, 11) is -1.01. The first-order valence-corrected chi connectivity index (χ1v) is 15.2. The fourth-order valence-corrected chi connectivity index (χ4v) is 5.94. The number of para-hydroxylation sites is 1. The number of ether oxygens (including phenoxy) is 2. The zero-order valence-electron chi connectivity index (χ0n) is 24.0. The topological polar surface area (TPSA) is 114 Å². The first-order valence-electron chi connectivity index (χ1n) is 13.4. The van der Waals surface area contributed by atoms with Gasteiger partial charge in [-0.15, -0.1) is 0 Å². The van der Waals surface area contributed by atoms with Crippen molar-refractivity contribution in [3.8, 4) is 11.5 Å². The molecule has 9 nitrogen and oxygen atoms in total. The smallest absolute Gasteiger partial charge is 0.264 e. The van der Waals surface area contributed by atoms with Gasteiger partial charge >= 0.3 is 0 Å². The average Bonchev–Trinajstić information content (AvgIpc) is 3.00. The fraction of sp³-hybridized carbons (Fsp3) is 0.188. The van der Waals surface area contributed by atoms with Crippen LogP contribution < -0.4 is 24.4 Å². The molecule has 0 bridgehead atoms. The molecule has 2 amide bonds. The van der Waals surface area contributed by atoms with Gasteiger partial charge in [-0.3, -0.25) is 13.9 Å². The molecule has 0 saturated carbocycles. The standard InChI is InChI=1S/C32H32ClN3O6S/c1-22-11-14-26(15-12-22)43(39,40)36(25-8-6-7-24(33)20-25)21-31(37)35-28-10-5-4-9-27(28)32(38)34-18-17-23-13-16-29(41-2)30(19-23)42-3/h4-16,19-20H,17-18,21H2,1-3H3,(H,34,38)(H,35,37). The second-order valence-electron chi connectivity index (χ2n) is 9.59. The number of nitrogens with one attached hydrogen (secondary N) is 2. The molecule has 0 aromatic heterocycles. The number of methoxy groups -OCH3 is 2. The Kier molecular flexibility index (Phi) is 10.3. The number of halogens is 1. The molecule has 0 unspecified atom stereocenters. The Morgan fingerprint density at radius 2 is 1.58 bits per heavy atom. The highest BCUT2D eigenvalue weighted by atomic mass is 35.5. The highest BCUT2D eigenvalue weighted by molar-refractivity contribution is 7.92. The molecule has 0 heterocycles. The number of carbonyl (C=O) groups is 2. The van der Waals surface area contributed by atoms with Crippen molar-refractivity contribution in [3.63, 3.8) is 0 Å². The predicted octanol–water partition coefficient (Wildman–Crippen LogP) is 5.47. The maximum atomic E-state index is 13.7. The van der Waals surface area contributed by atoms with E-state index in [1.54, 1.807) is 74.9 Å². The molecule has 4 aromatic rings. The van der Waals surface area contributed by atoms with Crippen LogP contribution in [0.15, 0.2) is 95.9 Å². The molecule has 0 aliphatic rings. The Morgan fingerprint density at radius 1 is 0.860 bits per heavy atom. The van der Waals surface area contributed by atoms with Gasteiger partial charge in [0.1, 0.15) is 6.54 Å². The monoisotopic (exact) mass is 621 g/mol. The molecular weight excluding hydrogens is 590 g/mol. The Bertz CT molecular complexity index is 1710. The van der Waals surface area contributed by atoms with Gasteiger partial charge in [0.15, 0.2) is 11.5 Å². The van der Waals surface area contributed by atoms with Crippen LogP contribution in [0.2, 0.25) is 5.02 Å². The molecule has 224 valence electrons. The molecule has 0 aliphatic heterocycles. The first-order chi connectivity index (χ1) is 20.6. The predicted molar refractivity (Wildman–Crippen MR) is 168 cm³/mol. The fourth-order valence-electron chi connectivity index (χ4n) is 4.35. The maximum Gasteiger partial charge on any atom is 0.264 e. The second kappa shape index (κ2) is 14.1. The Morgan fingerprint density at radius 3 is 2.28 bits per heavy atom. The molecule has 43 heavy (non-hydrogen) atoms. The van der Waals surface area contributed by atoms with Crippen LogP contribution in [0, 0.1) is 6.92 Å². The molecule has 2 N–H and O–H groups in total. The number of aryl methyl sites for hydroxylation is 1. The van der Waals surface area contributed by atoms with Gasteiger partial charge in [-0.2, -0.15) is 0 Å². The van der Waals surface area contributed by atoms with Crippen LogP contribution in [0.5, 0.6) is 11.5 Å². The summed E-state index contributed by atoms with van der Waals surface area (Å²) in [5.74, 6) is 0.174. The number of carbonyl (C=O) groups excluding carboxylic acids is 2. The molecule has 0 saturated heterocycles. The number of sulfonamides is 1. The maximum absolute atomic E-state index is 13.7. The van der Waals surface area contributed by atoms with Crippen LogP contribution in [-0.2, 0) is 21.2 Å². The number of rotatable bonds is 12. The molecular formula is C32H32ClN3O6S. The quantitative estimate of drug-likeness (QED) is 0.217. The first kappa shape index (κ1) is 31.4. The zero-order valence-corrected chi connectivity index (χ0v) is 25.5. The van der Waals surface area contributed by atoms with Gasteiger partial charge in [0, 0.05) is 11.6 Å². The van der Waals surface area contributed by atoms with Crippen molar-refractivity contribution in [3.05, 3.63) is 113 Å². The lowest BCUT2D eigenvalue weighted by molar-refractivity contribution is -0.114. The number of nitrogens with zero attached hydrogens (tertiary/aromatic N) is 1. The van der Waals surface area contributed by atoms with Gasteiger partial charge in [-0.05, 0) is 73.5 Å². The van der Waals surface area contributed by atoms with Crippen LogP contribution in [0.1, 0.15) is 21.5 Å². The van der Waals surface area contributed by atoms with Gasteiger partial charge in [-0.25, -0.2) is 8.42 Å². The molecule has 0 fully saturated rings. The van der Waals surface area contributed by atoms with Gasteiger partial charge in [0.25, 0.3) is 15.9 Å². The third kappa shape index (κ3) is 7.85. The summed E-state index contributed by atoms with van der Waals surface area (Å²) < 4.78 is 38.9. The molecule has 0 radical (unpaired) electrons. The third-order valence-electron chi connectivity index (χ3n) is 6.59. The lowest BCUT2D eigenvalue weighted by Crippen LogP contribution is -2.38. The summed E-state index contributed by atoms with van der Waals surface area (Å²) in [6.45, 7) is 1.63. The summed E-state index contributed by atoms with van der Waals surface area (Å²) in [5, 5.41) is 5.89. The molecule has 0 spiro atoms. The minimum Gasteiger partial charge on any atom is -0.493 e. The minimum atomic E-state index is -4.13. The Balaban J connectivity index is 1.49. The molecule has 0 atom stereocenters. The highest BCUT2D eigenvalue weighted by Gasteiger charge is 2.28. The van der Waals surface area contributed by atoms with Crippen molar-refractivity contribution in [2.24, 2.45) is 0 Å². The third-order valence-corrected chi connectivity index (χ3v) is 8.61. The van der Waals surface area contributed by atoms with Crippen molar-refractivity contribution in [2.75, 3.05) is 36.9 Å². The largest absolute Gasteiger partial charge is 0.493 e. The number of hydrogen-bond acceptors (Lipinski definition) is 6. The van der Waals surface area contributed by atoms with E-state index >= 15 is 0 Å². The van der Waals surface area contributed by atoms with Crippen molar-refractivity contribution < 1.29 is 27.5 Å². The van der Waals surface area contributed by atoms with Crippen LogP contribution in [-0.4, -0.2) is 47.5 Å². The van der Waals surface area contributed by atoms with E-state index in [1.165, 1.54) is 18.2 Å². The van der Waals surface area contributed by atoms with Crippen LogP contribution in [0.3, 0.4) is 0 Å². The summed E-state index contributed by atoms with van der Waals surface area (Å²) in [6.07, 6.45) is 0.534. The highest BCUT2D eigenvalue weighted by Crippen LogP contribution is 2.28. The normalized spacial score (nSPS) is 11.0. The number of benzene rings is 4. The summed E-state index contributed by atoms with van der Waals surface area (Å²) in [5.41, 5.74) is 2.54. The van der Waals surface area contributed by atoms with Crippen LogP contribution in [0.25, 0.3) is 0 Å². The number of anilines is 2. The van der Waals surface area contributed by atoms with E-state index in [1.807, 2.05) is 19.1 Å². The van der Waals surface area contributed by atoms with E-state index in [2.05, 4.69) is 10.6 Å². The molecule has 11 heteroatoms. The van der Waals surface area contributed by atoms with E-state index < -0.39 is 28.4 Å². The number of hydrogen-bond donors (Lipinski definition) is 2. The van der Waals surface area contributed by atoms with E-state index in [0.29, 0.717) is 29.5 Å². The van der Waals surface area contributed by atoms with Crippen LogP contribution in [0.4, 0.5) is 11.4 Å². The van der Waals surface area contributed by atoms with E-state index in [-0.39, 0.29) is 21.8 Å². The van der Waals surface area contributed by atoms with Crippen molar-refractivity contribution in [1.29, 1.82) is 0 Å². The lowest BCUT2D eigenvalue weighted by Gasteiger charge is -2.24. The summed E-state index contributed by atoms with van der Waals surface area (Å²) >= 11 is 6.16.